The molecule has 5 heteroatoms. The molecule has 1 aromatic heterocycles. The Kier molecular flexibility index (Phi) is 4.90. The fourth-order valence-corrected chi connectivity index (χ4v) is 3.47. The average Bonchev–Trinajstić information content (AvgIpc) is 2.72. The fourth-order valence-electron chi connectivity index (χ4n) is 1.80. The number of ether oxygens (including phenoxy) is 1. The van der Waals surface area contributed by atoms with Crippen molar-refractivity contribution >= 4 is 38.9 Å². The number of aliphatic hydroxyl groups excluding tert-OH is 1. The molecule has 1 N–H and O–H groups in total. The molecule has 102 valence electrons. The van der Waals surface area contributed by atoms with Gasteiger partial charge in [-0.1, -0.05) is 27.5 Å². The smallest absolute Gasteiger partial charge is 0.125 e. The Balaban J connectivity index is 2.45. The van der Waals surface area contributed by atoms with Gasteiger partial charge in [0.05, 0.1) is 16.5 Å². The molecule has 1 aromatic carbocycles. The lowest BCUT2D eigenvalue weighted by molar-refractivity contribution is 0.215. The van der Waals surface area contributed by atoms with E-state index in [0.29, 0.717) is 17.4 Å². The van der Waals surface area contributed by atoms with Crippen LogP contribution in [-0.2, 0) is 0 Å². The van der Waals surface area contributed by atoms with Gasteiger partial charge >= 0.3 is 0 Å². The zero-order valence-electron chi connectivity index (χ0n) is 10.6. The molecule has 0 spiro atoms. The molecular formula is C14H14BrClO2S. The maximum atomic E-state index is 10.5. The molecule has 0 aliphatic heterocycles. The Morgan fingerprint density at radius 2 is 2.21 bits per heavy atom. The van der Waals surface area contributed by atoms with E-state index in [1.165, 1.54) is 11.3 Å². The van der Waals surface area contributed by atoms with Crippen LogP contribution in [0.3, 0.4) is 0 Å². The number of aryl methyl sites for hydroxylation is 1. The van der Waals surface area contributed by atoms with Crippen LogP contribution >= 0.6 is 38.9 Å². The van der Waals surface area contributed by atoms with Gasteiger partial charge in [-0.15, -0.1) is 11.3 Å². The standard InChI is InChI=1S/C14H14BrClO2S/c1-3-18-11-5-4-9(15)6-10(11)13(17)14-12(16)8(2)7-19-14/h4-7,13,17H,3H2,1-2H3. The van der Waals surface area contributed by atoms with Gasteiger partial charge in [0.2, 0.25) is 0 Å². The van der Waals surface area contributed by atoms with Crippen LogP contribution in [-0.4, -0.2) is 11.7 Å². The van der Waals surface area contributed by atoms with Crippen LogP contribution in [0.1, 0.15) is 29.0 Å². The van der Waals surface area contributed by atoms with Crippen molar-refractivity contribution in [2.24, 2.45) is 0 Å². The van der Waals surface area contributed by atoms with Gasteiger partial charge in [-0.3, -0.25) is 0 Å². The predicted molar refractivity (Wildman–Crippen MR) is 83.4 cm³/mol. The van der Waals surface area contributed by atoms with Gasteiger partial charge in [-0.2, -0.15) is 0 Å². The number of rotatable bonds is 4. The summed E-state index contributed by atoms with van der Waals surface area (Å²) in [5, 5.41) is 13.1. The summed E-state index contributed by atoms with van der Waals surface area (Å²) in [6.07, 6.45) is -0.773. The number of benzene rings is 1. The van der Waals surface area contributed by atoms with Crippen molar-refractivity contribution in [2.45, 2.75) is 20.0 Å². The summed E-state index contributed by atoms with van der Waals surface area (Å²) in [5.74, 6) is 0.681. The van der Waals surface area contributed by atoms with E-state index < -0.39 is 6.10 Å². The minimum Gasteiger partial charge on any atom is -0.493 e. The summed E-state index contributed by atoms with van der Waals surface area (Å²) in [7, 11) is 0. The summed E-state index contributed by atoms with van der Waals surface area (Å²) < 4.78 is 6.46. The molecule has 0 fully saturated rings. The molecular weight excluding hydrogens is 348 g/mol. The molecule has 0 radical (unpaired) electrons. The summed E-state index contributed by atoms with van der Waals surface area (Å²) in [6.45, 7) is 4.40. The van der Waals surface area contributed by atoms with Crippen molar-refractivity contribution < 1.29 is 9.84 Å². The molecule has 2 aromatic rings. The van der Waals surface area contributed by atoms with E-state index in [0.717, 1.165) is 20.5 Å². The van der Waals surface area contributed by atoms with E-state index in [-0.39, 0.29) is 0 Å². The summed E-state index contributed by atoms with van der Waals surface area (Å²) in [4.78, 5) is 0.748. The largest absolute Gasteiger partial charge is 0.493 e. The van der Waals surface area contributed by atoms with Crippen LogP contribution < -0.4 is 4.74 Å². The second kappa shape index (κ2) is 6.27. The zero-order chi connectivity index (χ0) is 14.0. The Labute approximate surface area is 130 Å². The second-order valence-electron chi connectivity index (χ2n) is 4.11. The van der Waals surface area contributed by atoms with Gasteiger partial charge in [0.25, 0.3) is 0 Å². The van der Waals surface area contributed by atoms with Crippen LogP contribution in [0.5, 0.6) is 5.75 Å². The molecule has 0 saturated carbocycles. The minimum atomic E-state index is -0.773. The molecule has 0 saturated heterocycles. The topological polar surface area (TPSA) is 29.5 Å². The third-order valence-corrected chi connectivity index (χ3v) is 5.00. The molecule has 0 aliphatic rings. The van der Waals surface area contributed by atoms with Gasteiger partial charge in [0.1, 0.15) is 11.9 Å². The third kappa shape index (κ3) is 3.14. The van der Waals surface area contributed by atoms with Crippen molar-refractivity contribution in [1.82, 2.24) is 0 Å². The monoisotopic (exact) mass is 360 g/mol. The predicted octanol–water partition coefficient (Wildman–Crippen LogP) is 4.95. The van der Waals surface area contributed by atoms with Crippen molar-refractivity contribution in [3.05, 3.63) is 49.1 Å². The minimum absolute atomic E-state index is 0.554. The quantitative estimate of drug-likeness (QED) is 0.834. The Bertz CT molecular complexity index is 583. The summed E-state index contributed by atoms with van der Waals surface area (Å²) >= 11 is 11.1. The molecule has 2 rings (SSSR count). The van der Waals surface area contributed by atoms with Crippen LogP contribution in [0.15, 0.2) is 28.1 Å². The average molecular weight is 362 g/mol. The van der Waals surface area contributed by atoms with Crippen molar-refractivity contribution in [3.63, 3.8) is 0 Å². The Hall–Kier alpha value is -0.550. The second-order valence-corrected chi connectivity index (χ2v) is 6.32. The highest BCUT2D eigenvalue weighted by atomic mass is 79.9. The number of aliphatic hydroxyl groups is 1. The van der Waals surface area contributed by atoms with Crippen molar-refractivity contribution in [2.75, 3.05) is 6.61 Å². The van der Waals surface area contributed by atoms with Crippen LogP contribution in [0.2, 0.25) is 5.02 Å². The van der Waals surface area contributed by atoms with Gasteiger partial charge < -0.3 is 9.84 Å². The normalized spacial score (nSPS) is 12.5. The first-order valence-electron chi connectivity index (χ1n) is 5.88. The molecule has 0 amide bonds. The number of hydrogen-bond donors (Lipinski definition) is 1. The Morgan fingerprint density at radius 3 is 2.79 bits per heavy atom. The van der Waals surface area contributed by atoms with Gasteiger partial charge in [0.15, 0.2) is 0 Å². The maximum absolute atomic E-state index is 10.5. The SMILES string of the molecule is CCOc1ccc(Br)cc1C(O)c1scc(C)c1Cl. The first kappa shape index (κ1) is 14.9. The highest BCUT2D eigenvalue weighted by Crippen LogP contribution is 2.39. The molecule has 0 aliphatic carbocycles. The molecule has 1 heterocycles. The molecule has 0 bridgehead atoms. The lowest BCUT2D eigenvalue weighted by Gasteiger charge is -2.15. The van der Waals surface area contributed by atoms with E-state index in [1.54, 1.807) is 0 Å². The van der Waals surface area contributed by atoms with Crippen LogP contribution in [0, 0.1) is 6.92 Å². The van der Waals surface area contributed by atoms with E-state index in [1.807, 2.05) is 37.4 Å². The highest BCUT2D eigenvalue weighted by Gasteiger charge is 2.21. The van der Waals surface area contributed by atoms with Gasteiger partial charge in [-0.05, 0) is 43.0 Å². The molecule has 1 atom stereocenters. The number of hydrogen-bond acceptors (Lipinski definition) is 3. The zero-order valence-corrected chi connectivity index (χ0v) is 13.8. The lowest BCUT2D eigenvalue weighted by Crippen LogP contribution is -2.03. The fraction of sp³-hybridized carbons (Fsp3) is 0.286. The van der Waals surface area contributed by atoms with Crippen LogP contribution in [0.25, 0.3) is 0 Å². The first-order valence-corrected chi connectivity index (χ1v) is 7.93. The van der Waals surface area contributed by atoms with Gasteiger partial charge in [-0.25, -0.2) is 0 Å². The van der Waals surface area contributed by atoms with E-state index >= 15 is 0 Å². The van der Waals surface area contributed by atoms with Crippen molar-refractivity contribution in [3.8, 4) is 5.75 Å². The number of halogens is 2. The molecule has 1 unspecified atom stereocenters. The van der Waals surface area contributed by atoms with Crippen molar-refractivity contribution in [1.29, 1.82) is 0 Å². The van der Waals surface area contributed by atoms with E-state index in [4.69, 9.17) is 16.3 Å². The lowest BCUT2D eigenvalue weighted by atomic mass is 10.1. The van der Waals surface area contributed by atoms with Crippen LogP contribution in [0.4, 0.5) is 0 Å². The van der Waals surface area contributed by atoms with Gasteiger partial charge in [0, 0.05) is 10.0 Å². The highest BCUT2D eigenvalue weighted by molar-refractivity contribution is 9.10. The summed E-state index contributed by atoms with van der Waals surface area (Å²) in [6, 6.07) is 5.60. The molecule has 2 nitrogen and oxygen atoms in total. The van der Waals surface area contributed by atoms with E-state index in [2.05, 4.69) is 15.9 Å². The Morgan fingerprint density at radius 1 is 1.47 bits per heavy atom. The third-order valence-electron chi connectivity index (χ3n) is 2.74. The first-order chi connectivity index (χ1) is 9.04. The van der Waals surface area contributed by atoms with E-state index in [9.17, 15) is 5.11 Å². The summed E-state index contributed by atoms with van der Waals surface area (Å²) in [5.41, 5.74) is 1.70. The maximum Gasteiger partial charge on any atom is 0.125 e. The molecule has 19 heavy (non-hydrogen) atoms. The number of thiophene rings is 1.